The number of nitrogens with zero attached hydrogens (tertiary/aromatic N) is 2. The summed E-state index contributed by atoms with van der Waals surface area (Å²) >= 11 is 6.16. The van der Waals surface area contributed by atoms with Crippen molar-refractivity contribution in [3.05, 3.63) is 28.9 Å². The van der Waals surface area contributed by atoms with Gasteiger partial charge in [0.05, 0.1) is 31.0 Å². The fourth-order valence-corrected chi connectivity index (χ4v) is 3.05. The van der Waals surface area contributed by atoms with E-state index in [-0.39, 0.29) is 6.10 Å². The van der Waals surface area contributed by atoms with E-state index >= 15 is 0 Å². The van der Waals surface area contributed by atoms with Gasteiger partial charge in [-0.25, -0.2) is 4.98 Å². The van der Waals surface area contributed by atoms with Gasteiger partial charge in [0.1, 0.15) is 17.3 Å². The molecule has 1 aliphatic heterocycles. The Balaban J connectivity index is 1.78. The molecule has 2 aromatic rings. The van der Waals surface area contributed by atoms with Crippen LogP contribution in [0.4, 0.5) is 17.5 Å². The van der Waals surface area contributed by atoms with Crippen molar-refractivity contribution in [2.75, 3.05) is 38.0 Å². The molecule has 8 heteroatoms. The minimum absolute atomic E-state index is 0.219. The monoisotopic (exact) mass is 378 g/mol. The maximum Gasteiger partial charge on any atom is 0.224 e. The molecule has 2 heterocycles. The molecule has 1 atom stereocenters. The number of nitrogens with one attached hydrogen (secondary N) is 2. The quantitative estimate of drug-likeness (QED) is 0.758. The highest BCUT2D eigenvalue weighted by atomic mass is 35.5. The van der Waals surface area contributed by atoms with E-state index in [4.69, 9.17) is 25.8 Å². The molecular formula is C18H23ClN4O3. The van der Waals surface area contributed by atoms with E-state index in [1.54, 1.807) is 26.4 Å². The second kappa shape index (κ2) is 8.42. The Bertz CT molecular complexity index is 766. The number of hydrogen-bond donors (Lipinski definition) is 2. The molecule has 0 saturated carbocycles. The SMILES string of the molecule is COc1cc(Nc2cc(C)nc(NCC3CCCO3)n2)c(OC)cc1Cl. The van der Waals surface area contributed by atoms with Crippen LogP contribution < -0.4 is 20.1 Å². The number of rotatable bonds is 7. The van der Waals surface area contributed by atoms with Crippen LogP contribution in [0.25, 0.3) is 0 Å². The van der Waals surface area contributed by atoms with Crippen LogP contribution in [-0.2, 0) is 4.74 Å². The largest absolute Gasteiger partial charge is 0.495 e. The highest BCUT2D eigenvalue weighted by molar-refractivity contribution is 6.32. The van der Waals surface area contributed by atoms with Crippen molar-refractivity contribution in [2.24, 2.45) is 0 Å². The van der Waals surface area contributed by atoms with Crippen LogP contribution >= 0.6 is 11.6 Å². The summed E-state index contributed by atoms with van der Waals surface area (Å²) in [5, 5.41) is 6.98. The zero-order valence-corrected chi connectivity index (χ0v) is 15.9. The van der Waals surface area contributed by atoms with Gasteiger partial charge in [0, 0.05) is 37.0 Å². The Kier molecular flexibility index (Phi) is 6.00. The third kappa shape index (κ3) is 4.47. The normalized spacial score (nSPS) is 16.4. The zero-order chi connectivity index (χ0) is 18.5. The molecule has 0 bridgehead atoms. The first-order chi connectivity index (χ1) is 12.6. The molecule has 0 aliphatic carbocycles. The first-order valence-electron chi connectivity index (χ1n) is 8.48. The molecule has 0 spiro atoms. The minimum atomic E-state index is 0.219. The van der Waals surface area contributed by atoms with E-state index in [1.807, 2.05) is 13.0 Å². The molecule has 1 fully saturated rings. The predicted molar refractivity (Wildman–Crippen MR) is 102 cm³/mol. The average molecular weight is 379 g/mol. The minimum Gasteiger partial charge on any atom is -0.495 e. The lowest BCUT2D eigenvalue weighted by atomic mass is 10.2. The smallest absolute Gasteiger partial charge is 0.224 e. The summed E-state index contributed by atoms with van der Waals surface area (Å²) in [6.07, 6.45) is 2.38. The summed E-state index contributed by atoms with van der Waals surface area (Å²) < 4.78 is 16.3. The fraction of sp³-hybridized carbons (Fsp3) is 0.444. The lowest BCUT2D eigenvalue weighted by Crippen LogP contribution is -2.20. The second-order valence-corrected chi connectivity index (χ2v) is 6.45. The number of hydrogen-bond acceptors (Lipinski definition) is 7. The van der Waals surface area contributed by atoms with Crippen LogP contribution in [0.2, 0.25) is 5.02 Å². The van der Waals surface area contributed by atoms with E-state index in [1.165, 1.54) is 0 Å². The van der Waals surface area contributed by atoms with E-state index in [9.17, 15) is 0 Å². The Hall–Kier alpha value is -2.25. The highest BCUT2D eigenvalue weighted by Gasteiger charge is 2.16. The van der Waals surface area contributed by atoms with Crippen molar-refractivity contribution < 1.29 is 14.2 Å². The Morgan fingerprint density at radius 3 is 2.69 bits per heavy atom. The van der Waals surface area contributed by atoms with Crippen molar-refractivity contribution in [1.29, 1.82) is 0 Å². The van der Waals surface area contributed by atoms with Gasteiger partial charge in [0.15, 0.2) is 0 Å². The van der Waals surface area contributed by atoms with Crippen LogP contribution in [0, 0.1) is 6.92 Å². The summed E-state index contributed by atoms with van der Waals surface area (Å²) in [5.41, 5.74) is 1.55. The van der Waals surface area contributed by atoms with Gasteiger partial charge < -0.3 is 24.8 Å². The van der Waals surface area contributed by atoms with Crippen LogP contribution in [0.5, 0.6) is 11.5 Å². The first-order valence-corrected chi connectivity index (χ1v) is 8.86. The van der Waals surface area contributed by atoms with Gasteiger partial charge in [-0.15, -0.1) is 0 Å². The van der Waals surface area contributed by atoms with Crippen LogP contribution in [-0.4, -0.2) is 43.4 Å². The van der Waals surface area contributed by atoms with E-state index in [2.05, 4.69) is 20.6 Å². The van der Waals surface area contributed by atoms with E-state index < -0.39 is 0 Å². The summed E-state index contributed by atoms with van der Waals surface area (Å²) in [5.74, 6) is 2.36. The van der Waals surface area contributed by atoms with Crippen molar-refractivity contribution in [3.63, 3.8) is 0 Å². The maximum absolute atomic E-state index is 6.16. The van der Waals surface area contributed by atoms with Gasteiger partial charge in [-0.05, 0) is 19.8 Å². The number of aryl methyl sites for hydroxylation is 1. The molecule has 1 aromatic heterocycles. The number of halogens is 1. The molecule has 0 amide bonds. The maximum atomic E-state index is 6.16. The van der Waals surface area contributed by atoms with Crippen LogP contribution in [0.3, 0.4) is 0 Å². The van der Waals surface area contributed by atoms with Gasteiger partial charge in [-0.2, -0.15) is 4.98 Å². The van der Waals surface area contributed by atoms with Gasteiger partial charge in [0.25, 0.3) is 0 Å². The van der Waals surface area contributed by atoms with E-state index in [0.717, 1.165) is 25.1 Å². The molecule has 1 unspecified atom stereocenters. The van der Waals surface area contributed by atoms with Gasteiger partial charge in [-0.3, -0.25) is 0 Å². The van der Waals surface area contributed by atoms with E-state index in [0.29, 0.717) is 40.5 Å². The van der Waals surface area contributed by atoms with Gasteiger partial charge in [-0.1, -0.05) is 11.6 Å². The topological polar surface area (TPSA) is 77.5 Å². The molecule has 1 aromatic carbocycles. The molecule has 1 aliphatic rings. The Morgan fingerprint density at radius 1 is 1.19 bits per heavy atom. The summed E-state index contributed by atoms with van der Waals surface area (Å²) in [7, 11) is 3.16. The molecule has 1 saturated heterocycles. The number of methoxy groups -OCH3 is 2. The van der Waals surface area contributed by atoms with Crippen molar-refractivity contribution in [2.45, 2.75) is 25.9 Å². The second-order valence-electron chi connectivity index (χ2n) is 6.05. The zero-order valence-electron chi connectivity index (χ0n) is 15.1. The first kappa shape index (κ1) is 18.5. The number of anilines is 3. The standard InChI is InChI=1S/C18H23ClN4O3/c1-11-7-17(23-18(21-11)20-10-12-5-4-6-26-12)22-14-9-15(24-2)13(19)8-16(14)25-3/h7-9,12H,4-6,10H2,1-3H3,(H2,20,21,22,23). The summed E-state index contributed by atoms with van der Waals surface area (Å²) in [6, 6.07) is 5.34. The number of benzene rings is 1. The van der Waals surface area contributed by atoms with Gasteiger partial charge in [0.2, 0.25) is 5.95 Å². The third-order valence-electron chi connectivity index (χ3n) is 4.10. The molecule has 0 radical (unpaired) electrons. The fourth-order valence-electron chi connectivity index (χ4n) is 2.82. The highest BCUT2D eigenvalue weighted by Crippen LogP contribution is 2.37. The molecule has 3 rings (SSSR count). The molecule has 26 heavy (non-hydrogen) atoms. The molecule has 2 N–H and O–H groups in total. The van der Waals surface area contributed by atoms with Crippen LogP contribution in [0.15, 0.2) is 18.2 Å². The van der Waals surface area contributed by atoms with Crippen molar-refractivity contribution in [3.8, 4) is 11.5 Å². The summed E-state index contributed by atoms with van der Waals surface area (Å²) in [4.78, 5) is 8.96. The molecule has 140 valence electrons. The molecule has 7 nitrogen and oxygen atoms in total. The third-order valence-corrected chi connectivity index (χ3v) is 4.40. The van der Waals surface area contributed by atoms with Crippen molar-refractivity contribution >= 4 is 29.1 Å². The van der Waals surface area contributed by atoms with Crippen molar-refractivity contribution in [1.82, 2.24) is 9.97 Å². The van der Waals surface area contributed by atoms with Crippen LogP contribution in [0.1, 0.15) is 18.5 Å². The van der Waals surface area contributed by atoms with Gasteiger partial charge >= 0.3 is 0 Å². The molecular weight excluding hydrogens is 356 g/mol. The number of aromatic nitrogens is 2. The summed E-state index contributed by atoms with van der Waals surface area (Å²) in [6.45, 7) is 3.44. The Morgan fingerprint density at radius 2 is 2.00 bits per heavy atom. The predicted octanol–water partition coefficient (Wildman–Crippen LogP) is 3.79. The lowest BCUT2D eigenvalue weighted by Gasteiger charge is -2.15. The average Bonchev–Trinajstić information content (AvgIpc) is 3.14. The Labute approximate surface area is 158 Å². The number of ether oxygens (including phenoxy) is 3. The lowest BCUT2D eigenvalue weighted by molar-refractivity contribution is 0.120.